The summed E-state index contributed by atoms with van der Waals surface area (Å²) in [6.45, 7) is 0. The summed E-state index contributed by atoms with van der Waals surface area (Å²) >= 11 is 3.23. The number of hydrogen-bond acceptors (Lipinski definition) is 2. The van der Waals surface area contributed by atoms with E-state index in [0.717, 1.165) is 21.6 Å². The largest absolute Gasteiger partial charge is 0.412 e. The summed E-state index contributed by atoms with van der Waals surface area (Å²) < 4.78 is 39.2. The Hall–Kier alpha value is -1.30. The first-order valence-electron chi connectivity index (χ1n) is 4.79. The van der Waals surface area contributed by atoms with Crippen LogP contribution in [0.3, 0.4) is 0 Å². The first-order valence-corrected chi connectivity index (χ1v) is 5.58. The fourth-order valence-electron chi connectivity index (χ4n) is 1.54. The molecule has 1 aromatic carbocycles. The number of halogens is 4. The molecule has 0 spiro atoms. The van der Waals surface area contributed by atoms with Gasteiger partial charge < -0.3 is 4.90 Å². The fraction of sp³-hybridized carbons (Fsp3) is 0.182. The minimum Gasteiger partial charge on any atom is -0.316 e. The Kier molecular flexibility index (Phi) is 3.24. The number of benzene rings is 1. The number of aliphatic imine (C=N–C) groups is 1. The maximum absolute atomic E-state index is 12.8. The molecule has 1 atom stereocenters. The molecule has 0 fully saturated rings. The van der Waals surface area contributed by atoms with Crippen LogP contribution in [0.15, 0.2) is 46.0 Å². The third kappa shape index (κ3) is 2.69. The number of nitrogens with zero attached hydrogens (tertiary/aromatic N) is 2. The summed E-state index contributed by atoms with van der Waals surface area (Å²) in [7, 11) is 0. The molecule has 1 unspecified atom stereocenters. The lowest BCUT2D eigenvalue weighted by Crippen LogP contribution is -2.45. The summed E-state index contributed by atoms with van der Waals surface area (Å²) in [5, 5.41) is 0. The SMILES string of the molecule is FC(F)(F)C1C=CN=CN1c1cccc(Br)c1. The molecule has 0 radical (unpaired) electrons. The Morgan fingerprint density at radius 1 is 1.29 bits per heavy atom. The summed E-state index contributed by atoms with van der Waals surface area (Å²) in [4.78, 5) is 4.82. The van der Waals surface area contributed by atoms with Gasteiger partial charge in [-0.05, 0) is 24.3 Å². The minimum atomic E-state index is -4.33. The molecule has 90 valence electrons. The van der Waals surface area contributed by atoms with Crippen LogP contribution in [-0.4, -0.2) is 18.6 Å². The maximum Gasteiger partial charge on any atom is 0.412 e. The van der Waals surface area contributed by atoms with Crippen molar-refractivity contribution in [3.8, 4) is 0 Å². The van der Waals surface area contributed by atoms with Crippen LogP contribution in [0.4, 0.5) is 18.9 Å². The Balaban J connectivity index is 2.36. The van der Waals surface area contributed by atoms with Crippen molar-refractivity contribution in [2.24, 2.45) is 4.99 Å². The van der Waals surface area contributed by atoms with Crippen LogP contribution in [0.2, 0.25) is 0 Å². The van der Waals surface area contributed by atoms with Gasteiger partial charge in [-0.15, -0.1) is 0 Å². The number of anilines is 1. The van der Waals surface area contributed by atoms with Crippen LogP contribution in [-0.2, 0) is 0 Å². The van der Waals surface area contributed by atoms with Gasteiger partial charge in [0.2, 0.25) is 0 Å². The molecule has 0 amide bonds. The van der Waals surface area contributed by atoms with Crippen LogP contribution < -0.4 is 4.90 Å². The predicted octanol–water partition coefficient (Wildman–Crippen LogP) is 3.74. The molecule has 1 aliphatic heterocycles. The molecule has 0 bridgehead atoms. The summed E-state index contributed by atoms with van der Waals surface area (Å²) in [6.07, 6.45) is -0.960. The standard InChI is InChI=1S/C11H8BrF3N2/c12-8-2-1-3-9(6-8)17-7-16-5-4-10(17)11(13,14)15/h1-7,10H. The lowest BCUT2D eigenvalue weighted by Gasteiger charge is -2.30. The van der Waals surface area contributed by atoms with Crippen LogP contribution in [0.25, 0.3) is 0 Å². The molecular formula is C11H8BrF3N2. The van der Waals surface area contributed by atoms with E-state index < -0.39 is 12.2 Å². The number of rotatable bonds is 1. The van der Waals surface area contributed by atoms with Gasteiger partial charge in [0, 0.05) is 16.4 Å². The van der Waals surface area contributed by atoms with Gasteiger partial charge >= 0.3 is 6.18 Å². The Bertz CT molecular complexity index is 468. The normalized spacial score (nSPS) is 19.8. The van der Waals surface area contributed by atoms with E-state index in [9.17, 15) is 13.2 Å². The van der Waals surface area contributed by atoms with Crippen LogP contribution in [0.1, 0.15) is 0 Å². The van der Waals surface area contributed by atoms with Gasteiger partial charge in [-0.3, -0.25) is 0 Å². The van der Waals surface area contributed by atoms with Crippen molar-refractivity contribution in [1.29, 1.82) is 0 Å². The van der Waals surface area contributed by atoms with Crippen LogP contribution in [0, 0.1) is 0 Å². The van der Waals surface area contributed by atoms with Crippen LogP contribution in [0.5, 0.6) is 0 Å². The quantitative estimate of drug-likeness (QED) is 0.771. The van der Waals surface area contributed by atoms with Crippen molar-refractivity contribution in [3.63, 3.8) is 0 Å². The second-order valence-electron chi connectivity index (χ2n) is 3.48. The van der Waals surface area contributed by atoms with E-state index in [1.807, 2.05) is 0 Å². The van der Waals surface area contributed by atoms with E-state index in [1.54, 1.807) is 24.3 Å². The highest BCUT2D eigenvalue weighted by molar-refractivity contribution is 9.10. The third-order valence-corrected chi connectivity index (χ3v) is 2.78. The van der Waals surface area contributed by atoms with E-state index in [2.05, 4.69) is 20.9 Å². The zero-order valence-electron chi connectivity index (χ0n) is 8.53. The lowest BCUT2D eigenvalue weighted by molar-refractivity contribution is -0.136. The molecule has 0 N–H and O–H groups in total. The predicted molar refractivity (Wildman–Crippen MR) is 64.1 cm³/mol. The molecule has 2 rings (SSSR count). The maximum atomic E-state index is 12.8. The summed E-state index contributed by atoms with van der Waals surface area (Å²) in [5.74, 6) is 0. The molecular weight excluding hydrogens is 297 g/mol. The average Bonchev–Trinajstić information content (AvgIpc) is 2.28. The van der Waals surface area contributed by atoms with E-state index in [1.165, 1.54) is 6.34 Å². The zero-order chi connectivity index (χ0) is 12.5. The Labute approximate surface area is 105 Å². The van der Waals surface area contributed by atoms with Gasteiger partial charge in [0.05, 0.1) is 6.34 Å². The lowest BCUT2D eigenvalue weighted by atomic mass is 10.2. The van der Waals surface area contributed by atoms with Crippen molar-refractivity contribution in [1.82, 2.24) is 0 Å². The van der Waals surface area contributed by atoms with E-state index in [0.29, 0.717) is 5.69 Å². The van der Waals surface area contributed by atoms with Crippen molar-refractivity contribution < 1.29 is 13.2 Å². The average molecular weight is 305 g/mol. The molecule has 1 aliphatic rings. The van der Waals surface area contributed by atoms with Gasteiger partial charge in [0.25, 0.3) is 0 Å². The molecule has 1 heterocycles. The molecule has 6 heteroatoms. The van der Waals surface area contributed by atoms with Gasteiger partial charge in [0.15, 0.2) is 6.04 Å². The van der Waals surface area contributed by atoms with Crippen molar-refractivity contribution in [3.05, 3.63) is 41.0 Å². The molecule has 0 saturated carbocycles. The number of alkyl halides is 3. The van der Waals surface area contributed by atoms with E-state index in [-0.39, 0.29) is 0 Å². The fourth-order valence-corrected chi connectivity index (χ4v) is 1.92. The molecule has 2 nitrogen and oxygen atoms in total. The van der Waals surface area contributed by atoms with Gasteiger partial charge in [-0.2, -0.15) is 13.2 Å². The third-order valence-electron chi connectivity index (χ3n) is 2.29. The van der Waals surface area contributed by atoms with Gasteiger partial charge in [-0.25, -0.2) is 4.99 Å². The van der Waals surface area contributed by atoms with Gasteiger partial charge in [0.1, 0.15) is 0 Å². The summed E-state index contributed by atoms with van der Waals surface area (Å²) in [5.41, 5.74) is 0.440. The highest BCUT2D eigenvalue weighted by Gasteiger charge is 2.42. The van der Waals surface area contributed by atoms with Crippen molar-refractivity contribution in [2.45, 2.75) is 12.2 Å². The molecule has 0 aliphatic carbocycles. The van der Waals surface area contributed by atoms with Gasteiger partial charge in [-0.1, -0.05) is 22.0 Å². The molecule has 0 aromatic heterocycles. The van der Waals surface area contributed by atoms with E-state index in [4.69, 9.17) is 0 Å². The Morgan fingerprint density at radius 2 is 2.06 bits per heavy atom. The molecule has 1 aromatic rings. The van der Waals surface area contributed by atoms with Crippen molar-refractivity contribution in [2.75, 3.05) is 4.90 Å². The minimum absolute atomic E-state index is 0.440. The smallest absolute Gasteiger partial charge is 0.316 e. The first-order chi connectivity index (χ1) is 7.98. The number of hydrogen-bond donors (Lipinski definition) is 0. The monoisotopic (exact) mass is 304 g/mol. The van der Waals surface area contributed by atoms with E-state index >= 15 is 0 Å². The molecule has 0 saturated heterocycles. The second kappa shape index (κ2) is 4.52. The first kappa shape index (κ1) is 12.2. The Morgan fingerprint density at radius 3 is 2.71 bits per heavy atom. The van der Waals surface area contributed by atoms with Crippen molar-refractivity contribution >= 4 is 28.0 Å². The van der Waals surface area contributed by atoms with Crippen LogP contribution >= 0.6 is 15.9 Å². The molecule has 17 heavy (non-hydrogen) atoms. The highest BCUT2D eigenvalue weighted by Crippen LogP contribution is 2.31. The zero-order valence-corrected chi connectivity index (χ0v) is 10.1. The highest BCUT2D eigenvalue weighted by atomic mass is 79.9. The summed E-state index contributed by atoms with van der Waals surface area (Å²) in [6, 6.07) is 4.98. The second-order valence-corrected chi connectivity index (χ2v) is 4.40. The topological polar surface area (TPSA) is 15.6 Å².